The van der Waals surface area contributed by atoms with Gasteiger partial charge in [0.05, 0.1) is 19.6 Å². The molecule has 2 aliphatic heterocycles. The first-order chi connectivity index (χ1) is 31.2. The number of carbonyl (C=O) groups is 4. The highest BCUT2D eigenvalue weighted by atomic mass is 19.3. The fourth-order valence-corrected chi connectivity index (χ4v) is 7.43. The number of halogens is 6. The molecule has 65 heavy (non-hydrogen) atoms. The molecule has 0 saturated carbocycles. The van der Waals surface area contributed by atoms with E-state index in [9.17, 15) is 45.5 Å². The molecule has 0 spiro atoms. The van der Waals surface area contributed by atoms with Gasteiger partial charge in [0.2, 0.25) is 5.89 Å². The van der Waals surface area contributed by atoms with Gasteiger partial charge >= 0.3 is 24.9 Å². The van der Waals surface area contributed by atoms with Crippen molar-refractivity contribution in [3.8, 4) is 11.5 Å². The first kappa shape index (κ1) is 47.8. The van der Waals surface area contributed by atoms with Crippen LogP contribution < -0.4 is 15.1 Å². The molecule has 0 radical (unpaired) electrons. The second kappa shape index (κ2) is 22.3. The van der Waals surface area contributed by atoms with E-state index in [4.69, 9.17) is 4.42 Å². The van der Waals surface area contributed by atoms with Crippen LogP contribution in [-0.2, 0) is 17.9 Å². The Labute approximate surface area is 372 Å². The van der Waals surface area contributed by atoms with Crippen molar-refractivity contribution in [3.05, 3.63) is 130 Å². The third kappa shape index (κ3) is 12.7. The average molecular weight is 906 g/mol. The Kier molecular flexibility index (Phi) is 16.4. The van der Waals surface area contributed by atoms with E-state index >= 15 is 0 Å². The van der Waals surface area contributed by atoms with Crippen molar-refractivity contribution in [1.82, 2.24) is 25.3 Å². The number of amides is 5. The zero-order valence-corrected chi connectivity index (χ0v) is 35.9. The molecule has 18 heteroatoms. The van der Waals surface area contributed by atoms with Gasteiger partial charge in [0.15, 0.2) is 5.78 Å². The van der Waals surface area contributed by atoms with Crippen LogP contribution in [0.25, 0.3) is 11.5 Å². The Balaban J connectivity index is 0.000000215. The smallest absolute Gasteiger partial charge is 0.324 e. The van der Waals surface area contributed by atoms with Gasteiger partial charge in [0, 0.05) is 59.8 Å². The molecule has 0 unspecified atom stereocenters. The summed E-state index contributed by atoms with van der Waals surface area (Å²) in [7, 11) is 0. The van der Waals surface area contributed by atoms with Crippen molar-refractivity contribution in [2.24, 2.45) is 0 Å². The molecule has 5 aromatic rings. The Hall–Kier alpha value is -6.72. The van der Waals surface area contributed by atoms with Gasteiger partial charge in [-0.3, -0.25) is 19.4 Å². The molecule has 7 rings (SSSR count). The molecule has 5 amide bonds. The third-order valence-corrected chi connectivity index (χ3v) is 10.9. The number of ketones is 1. The Morgan fingerprint density at radius 1 is 0.662 bits per heavy atom. The number of hydrogen-bond donors (Lipinski definition) is 1. The van der Waals surface area contributed by atoms with Crippen molar-refractivity contribution in [3.63, 3.8) is 0 Å². The number of aromatic nitrogens is 2. The lowest BCUT2D eigenvalue weighted by atomic mass is 10.1. The summed E-state index contributed by atoms with van der Waals surface area (Å²) in [6.07, 6.45) is -0.251. The van der Waals surface area contributed by atoms with Crippen molar-refractivity contribution in [1.29, 1.82) is 0 Å². The number of anilines is 2. The van der Waals surface area contributed by atoms with Crippen LogP contribution in [0.1, 0.15) is 83.5 Å². The van der Waals surface area contributed by atoms with Gasteiger partial charge in [-0.05, 0) is 106 Å². The molecular weight excluding hydrogens is 857 g/mol. The SMILES string of the molecule is Cc1cccc(N(Cc2ccc(-c3nnc(C(F)F)o3)cc2F)C(=O)N2CCCCC2)c1.Cc1cccc(N(Cc2ccc(C(=O)CNC(=O)C(F)F)cc2F)C(=O)N2CCCCC2)c1. The normalized spacial score (nSPS) is 13.9. The first-order valence-electron chi connectivity index (χ1n) is 21.2. The standard InChI is InChI=1S/C24H26F3N3O3.C23H23F3N4O2/c1-16-6-5-7-19(12-16)30(24(33)29-10-3-2-4-11-29)15-18-9-8-17(13-20(18)25)21(31)14-28-23(32)22(26)27;1-15-6-5-7-18(12-15)30(23(31)29-10-3-2-4-11-29)14-17-9-8-16(13-19(17)24)21-27-28-22(32-21)20(25)26/h5-9,12-13,22H,2-4,10-11,14-15H2,1H3,(H,28,32);5-9,12-13,20H,2-4,10-11,14H2,1H3. The van der Waals surface area contributed by atoms with E-state index < -0.39 is 48.6 Å². The summed E-state index contributed by atoms with van der Waals surface area (Å²) < 4.78 is 84.7. The number of nitrogens with one attached hydrogen (secondary N) is 1. The van der Waals surface area contributed by atoms with Crippen LogP contribution in [0.3, 0.4) is 0 Å². The Morgan fingerprint density at radius 2 is 1.17 bits per heavy atom. The number of rotatable bonds is 12. The maximum absolute atomic E-state index is 15.0. The minimum Gasteiger partial charge on any atom is -0.415 e. The maximum Gasteiger partial charge on any atom is 0.324 e. The fraction of sp³-hybridized carbons (Fsp3) is 0.362. The fourth-order valence-electron chi connectivity index (χ4n) is 7.43. The third-order valence-electron chi connectivity index (χ3n) is 10.9. The van der Waals surface area contributed by atoms with E-state index in [1.807, 2.05) is 56.3 Å². The van der Waals surface area contributed by atoms with E-state index in [0.29, 0.717) is 37.6 Å². The van der Waals surface area contributed by atoms with Crippen LogP contribution in [0, 0.1) is 25.5 Å². The number of hydrogen-bond acceptors (Lipinski definition) is 7. The summed E-state index contributed by atoms with van der Waals surface area (Å²) in [6.45, 7) is 5.78. The Bertz CT molecular complexity index is 2460. The molecule has 2 aliphatic rings. The number of likely N-dealkylation sites (tertiary alicyclic amines) is 2. The van der Waals surface area contributed by atoms with E-state index in [-0.39, 0.29) is 53.3 Å². The molecule has 344 valence electrons. The quantitative estimate of drug-likeness (QED) is 0.0974. The molecule has 1 N–H and O–H groups in total. The molecule has 1 aromatic heterocycles. The highest BCUT2D eigenvalue weighted by Gasteiger charge is 2.28. The second-order valence-electron chi connectivity index (χ2n) is 15.8. The lowest BCUT2D eigenvalue weighted by Crippen LogP contribution is -2.45. The number of aryl methyl sites for hydroxylation is 2. The van der Waals surface area contributed by atoms with E-state index in [0.717, 1.165) is 61.8 Å². The largest absolute Gasteiger partial charge is 0.415 e. The summed E-state index contributed by atoms with van der Waals surface area (Å²) in [5.41, 5.74) is 3.88. The molecule has 0 atom stereocenters. The topological polar surface area (TPSA) is 132 Å². The van der Waals surface area contributed by atoms with Crippen LogP contribution in [-0.4, -0.2) is 82.9 Å². The number of nitrogens with zero attached hydrogens (tertiary/aromatic N) is 6. The van der Waals surface area contributed by atoms with Crippen LogP contribution in [0.4, 0.5) is 47.3 Å². The number of benzene rings is 4. The summed E-state index contributed by atoms with van der Waals surface area (Å²) >= 11 is 0. The van der Waals surface area contributed by atoms with Gasteiger partial charge in [-0.15, -0.1) is 10.2 Å². The van der Waals surface area contributed by atoms with Gasteiger partial charge in [-0.25, -0.2) is 18.4 Å². The highest BCUT2D eigenvalue weighted by molar-refractivity contribution is 5.99. The zero-order chi connectivity index (χ0) is 46.6. The molecule has 12 nitrogen and oxygen atoms in total. The number of Topliss-reactive ketones (excluding diaryl/α,β-unsaturated/α-hetero) is 1. The van der Waals surface area contributed by atoms with E-state index in [1.165, 1.54) is 29.2 Å². The van der Waals surface area contributed by atoms with Crippen LogP contribution >= 0.6 is 0 Å². The highest BCUT2D eigenvalue weighted by Crippen LogP contribution is 2.28. The number of piperidine rings is 2. The summed E-state index contributed by atoms with van der Waals surface area (Å²) in [5, 5.41) is 8.62. The second-order valence-corrected chi connectivity index (χ2v) is 15.8. The van der Waals surface area contributed by atoms with Gasteiger partial charge in [0.1, 0.15) is 11.6 Å². The van der Waals surface area contributed by atoms with Crippen LogP contribution in [0.15, 0.2) is 89.3 Å². The van der Waals surface area contributed by atoms with Gasteiger partial charge in [0.25, 0.3) is 11.8 Å². The number of urea groups is 2. The molecular formula is C47H49F6N7O5. The Morgan fingerprint density at radius 3 is 1.62 bits per heavy atom. The number of carbonyl (C=O) groups excluding carboxylic acids is 4. The average Bonchev–Trinajstić information content (AvgIpc) is 3.81. The van der Waals surface area contributed by atoms with Crippen molar-refractivity contribution in [2.75, 3.05) is 42.5 Å². The molecule has 2 fully saturated rings. The summed E-state index contributed by atoms with van der Waals surface area (Å²) in [5.74, 6) is -4.57. The number of alkyl halides is 4. The molecule has 2 saturated heterocycles. The molecule has 0 aliphatic carbocycles. The minimum absolute atomic E-state index is 0.0248. The van der Waals surface area contributed by atoms with Crippen molar-refractivity contribution >= 4 is 35.1 Å². The van der Waals surface area contributed by atoms with Gasteiger partial charge in [-0.2, -0.15) is 17.6 Å². The van der Waals surface area contributed by atoms with Gasteiger partial charge < -0.3 is 19.5 Å². The molecule has 0 bridgehead atoms. The van der Waals surface area contributed by atoms with Crippen LogP contribution in [0.2, 0.25) is 0 Å². The predicted octanol–water partition coefficient (Wildman–Crippen LogP) is 10.0. The lowest BCUT2D eigenvalue weighted by Gasteiger charge is -2.33. The van der Waals surface area contributed by atoms with Gasteiger partial charge in [-0.1, -0.05) is 42.5 Å². The first-order valence-corrected chi connectivity index (χ1v) is 21.2. The predicted molar refractivity (Wildman–Crippen MR) is 231 cm³/mol. The zero-order valence-electron chi connectivity index (χ0n) is 35.9. The van der Waals surface area contributed by atoms with Crippen molar-refractivity contribution < 1.29 is 49.9 Å². The summed E-state index contributed by atoms with van der Waals surface area (Å²) in [6, 6.07) is 22.4. The lowest BCUT2D eigenvalue weighted by molar-refractivity contribution is -0.131. The van der Waals surface area contributed by atoms with E-state index in [1.54, 1.807) is 26.1 Å². The molecule has 4 aromatic carbocycles. The maximum atomic E-state index is 15.0. The van der Waals surface area contributed by atoms with E-state index in [2.05, 4.69) is 10.2 Å². The van der Waals surface area contributed by atoms with Crippen LogP contribution in [0.5, 0.6) is 0 Å². The molecule has 3 heterocycles. The van der Waals surface area contributed by atoms with Crippen molar-refractivity contribution in [2.45, 2.75) is 78.3 Å². The monoisotopic (exact) mass is 905 g/mol. The summed E-state index contributed by atoms with van der Waals surface area (Å²) in [4.78, 5) is 56.3. The minimum atomic E-state index is -3.23.